The molecule has 0 fully saturated rings. The average molecular weight is 314 g/mol. The summed E-state index contributed by atoms with van der Waals surface area (Å²) in [5, 5.41) is 0. The predicted octanol–water partition coefficient (Wildman–Crippen LogP) is 3.36. The molecule has 0 unspecified atom stereocenters. The van der Waals surface area contributed by atoms with Crippen LogP contribution in [0.1, 0.15) is 28.4 Å². The van der Waals surface area contributed by atoms with Crippen molar-refractivity contribution >= 4 is 5.78 Å². The molecule has 0 N–H and O–H groups in total. The molecule has 0 radical (unpaired) electrons. The van der Waals surface area contributed by atoms with E-state index < -0.39 is 0 Å². The van der Waals surface area contributed by atoms with E-state index in [9.17, 15) is 4.79 Å². The van der Waals surface area contributed by atoms with E-state index in [1.165, 1.54) is 0 Å². The Morgan fingerprint density at radius 1 is 1.13 bits per heavy atom. The molecule has 5 heteroatoms. The summed E-state index contributed by atoms with van der Waals surface area (Å²) >= 11 is 0. The Balaban J connectivity index is 1.99. The summed E-state index contributed by atoms with van der Waals surface area (Å²) in [4.78, 5) is 12.8. The lowest BCUT2D eigenvalue weighted by Crippen LogP contribution is -2.05. The highest BCUT2D eigenvalue weighted by atomic mass is 16.7. The average Bonchev–Trinajstić information content (AvgIpc) is 3.00. The number of benzene rings is 2. The quantitative estimate of drug-likeness (QED) is 0.792. The Hall–Kier alpha value is -2.69. The standard InChI is InChI=1S/C18H18O5/c1-4-21-16-8-12(5-6-14(16)20-3)18(19)13-9-17-15(7-11(13)2)22-10-23-17/h5-9H,4,10H2,1-3H3. The number of fused-ring (bicyclic) bond motifs is 1. The Labute approximate surface area is 134 Å². The van der Waals surface area contributed by atoms with Crippen LogP contribution in [0.25, 0.3) is 0 Å². The van der Waals surface area contributed by atoms with Crippen LogP contribution in [0.4, 0.5) is 0 Å². The van der Waals surface area contributed by atoms with Crippen LogP contribution in [0.2, 0.25) is 0 Å². The number of hydrogen-bond donors (Lipinski definition) is 0. The van der Waals surface area contributed by atoms with E-state index in [2.05, 4.69) is 0 Å². The molecule has 120 valence electrons. The fourth-order valence-electron chi connectivity index (χ4n) is 2.53. The number of rotatable bonds is 5. The second-order valence-corrected chi connectivity index (χ2v) is 5.15. The molecular weight excluding hydrogens is 296 g/mol. The number of aryl methyl sites for hydroxylation is 1. The van der Waals surface area contributed by atoms with E-state index in [1.807, 2.05) is 19.9 Å². The molecule has 0 amide bonds. The van der Waals surface area contributed by atoms with Gasteiger partial charge in [-0.15, -0.1) is 0 Å². The van der Waals surface area contributed by atoms with Crippen molar-refractivity contribution in [1.82, 2.24) is 0 Å². The van der Waals surface area contributed by atoms with E-state index in [0.29, 0.717) is 40.7 Å². The van der Waals surface area contributed by atoms with Crippen LogP contribution < -0.4 is 18.9 Å². The second-order valence-electron chi connectivity index (χ2n) is 5.15. The molecule has 3 rings (SSSR count). The topological polar surface area (TPSA) is 54.0 Å². The Morgan fingerprint density at radius 3 is 2.57 bits per heavy atom. The maximum atomic E-state index is 12.8. The predicted molar refractivity (Wildman–Crippen MR) is 84.9 cm³/mol. The van der Waals surface area contributed by atoms with Crippen LogP contribution in [0.3, 0.4) is 0 Å². The van der Waals surface area contributed by atoms with Gasteiger partial charge in [0.2, 0.25) is 6.79 Å². The van der Waals surface area contributed by atoms with Gasteiger partial charge < -0.3 is 18.9 Å². The second kappa shape index (κ2) is 6.20. The largest absolute Gasteiger partial charge is 0.493 e. The van der Waals surface area contributed by atoms with E-state index in [0.717, 1.165) is 5.56 Å². The molecule has 0 bridgehead atoms. The van der Waals surface area contributed by atoms with Crippen molar-refractivity contribution in [2.24, 2.45) is 0 Å². The van der Waals surface area contributed by atoms with Crippen molar-refractivity contribution < 1.29 is 23.7 Å². The molecule has 0 aromatic heterocycles. The third-order valence-electron chi connectivity index (χ3n) is 3.69. The molecule has 23 heavy (non-hydrogen) atoms. The molecule has 1 aliphatic rings. The summed E-state index contributed by atoms with van der Waals surface area (Å²) in [6.45, 7) is 4.44. The number of carbonyl (C=O) groups is 1. The van der Waals surface area contributed by atoms with Gasteiger partial charge in [0.05, 0.1) is 13.7 Å². The van der Waals surface area contributed by atoms with Gasteiger partial charge >= 0.3 is 0 Å². The van der Waals surface area contributed by atoms with Crippen molar-refractivity contribution in [3.63, 3.8) is 0 Å². The number of hydrogen-bond acceptors (Lipinski definition) is 5. The van der Waals surface area contributed by atoms with Gasteiger partial charge in [-0.2, -0.15) is 0 Å². The summed E-state index contributed by atoms with van der Waals surface area (Å²) < 4.78 is 21.5. The van der Waals surface area contributed by atoms with Gasteiger partial charge in [-0.3, -0.25) is 4.79 Å². The zero-order valence-electron chi connectivity index (χ0n) is 13.3. The fourth-order valence-corrected chi connectivity index (χ4v) is 2.53. The molecule has 0 saturated carbocycles. The Kier molecular flexibility index (Phi) is 4.10. The van der Waals surface area contributed by atoms with Gasteiger partial charge in [0.15, 0.2) is 28.8 Å². The van der Waals surface area contributed by atoms with Crippen molar-refractivity contribution in [3.8, 4) is 23.0 Å². The minimum atomic E-state index is -0.0931. The smallest absolute Gasteiger partial charge is 0.231 e. The van der Waals surface area contributed by atoms with Crippen molar-refractivity contribution in [3.05, 3.63) is 47.0 Å². The first-order chi connectivity index (χ1) is 11.1. The number of methoxy groups -OCH3 is 1. The summed E-state index contributed by atoms with van der Waals surface area (Å²) in [6, 6.07) is 8.72. The molecular formula is C18H18O5. The third-order valence-corrected chi connectivity index (χ3v) is 3.69. The molecule has 0 spiro atoms. The lowest BCUT2D eigenvalue weighted by Gasteiger charge is -2.12. The SMILES string of the molecule is CCOc1cc(C(=O)c2cc3c(cc2C)OCO3)ccc1OC. The maximum Gasteiger partial charge on any atom is 0.231 e. The zero-order valence-corrected chi connectivity index (χ0v) is 13.3. The van der Waals surface area contributed by atoms with Crippen molar-refractivity contribution in [1.29, 1.82) is 0 Å². The van der Waals surface area contributed by atoms with E-state index >= 15 is 0 Å². The van der Waals surface area contributed by atoms with E-state index in [4.69, 9.17) is 18.9 Å². The lowest BCUT2D eigenvalue weighted by atomic mass is 9.98. The van der Waals surface area contributed by atoms with E-state index in [-0.39, 0.29) is 12.6 Å². The highest BCUT2D eigenvalue weighted by molar-refractivity contribution is 6.10. The number of ketones is 1. The van der Waals surface area contributed by atoms with Gasteiger partial charge in [0.25, 0.3) is 0 Å². The molecule has 0 saturated heterocycles. The molecule has 1 aliphatic heterocycles. The first-order valence-corrected chi connectivity index (χ1v) is 7.39. The summed E-state index contributed by atoms with van der Waals surface area (Å²) in [7, 11) is 1.57. The highest BCUT2D eigenvalue weighted by Crippen LogP contribution is 2.36. The number of carbonyl (C=O) groups excluding carboxylic acids is 1. The lowest BCUT2D eigenvalue weighted by molar-refractivity contribution is 0.103. The van der Waals surface area contributed by atoms with Crippen LogP contribution >= 0.6 is 0 Å². The molecule has 0 atom stereocenters. The molecule has 1 heterocycles. The van der Waals surface area contributed by atoms with Crippen molar-refractivity contribution in [2.45, 2.75) is 13.8 Å². The summed E-state index contributed by atoms with van der Waals surface area (Å²) in [6.07, 6.45) is 0. The first-order valence-electron chi connectivity index (χ1n) is 7.39. The number of ether oxygens (including phenoxy) is 4. The normalized spacial score (nSPS) is 12.1. The third kappa shape index (κ3) is 2.82. The van der Waals surface area contributed by atoms with Crippen LogP contribution in [-0.2, 0) is 0 Å². The molecule has 2 aromatic rings. The molecule has 2 aromatic carbocycles. The van der Waals surface area contributed by atoms with Gasteiger partial charge in [0, 0.05) is 11.1 Å². The Morgan fingerprint density at radius 2 is 1.87 bits per heavy atom. The van der Waals surface area contributed by atoms with Crippen LogP contribution in [0, 0.1) is 6.92 Å². The van der Waals surface area contributed by atoms with E-state index in [1.54, 1.807) is 31.4 Å². The fraction of sp³-hybridized carbons (Fsp3) is 0.278. The maximum absolute atomic E-state index is 12.8. The molecule has 5 nitrogen and oxygen atoms in total. The van der Waals surface area contributed by atoms with Gasteiger partial charge in [-0.25, -0.2) is 0 Å². The minimum Gasteiger partial charge on any atom is -0.493 e. The van der Waals surface area contributed by atoms with Crippen LogP contribution in [0.5, 0.6) is 23.0 Å². The van der Waals surface area contributed by atoms with Gasteiger partial charge in [-0.1, -0.05) is 0 Å². The first kappa shape index (κ1) is 15.2. The minimum absolute atomic E-state index is 0.0931. The van der Waals surface area contributed by atoms with Crippen LogP contribution in [0.15, 0.2) is 30.3 Å². The van der Waals surface area contributed by atoms with Gasteiger partial charge in [-0.05, 0) is 49.7 Å². The zero-order chi connectivity index (χ0) is 16.4. The molecule has 0 aliphatic carbocycles. The van der Waals surface area contributed by atoms with Crippen LogP contribution in [-0.4, -0.2) is 26.3 Å². The van der Waals surface area contributed by atoms with Crippen molar-refractivity contribution in [2.75, 3.05) is 20.5 Å². The summed E-state index contributed by atoms with van der Waals surface area (Å²) in [5.41, 5.74) is 1.96. The monoisotopic (exact) mass is 314 g/mol. The summed E-state index contributed by atoms with van der Waals surface area (Å²) in [5.74, 6) is 2.33. The van der Waals surface area contributed by atoms with Gasteiger partial charge in [0.1, 0.15) is 0 Å². The Bertz CT molecular complexity index is 751. The highest BCUT2D eigenvalue weighted by Gasteiger charge is 2.21.